The highest BCUT2D eigenvalue weighted by molar-refractivity contribution is 5.23. The molecule has 72 valence electrons. The van der Waals surface area contributed by atoms with Crippen LogP contribution in [0.25, 0.3) is 0 Å². The normalized spacial score (nSPS) is 9.00. The number of rotatable bonds is 2. The van der Waals surface area contributed by atoms with Crippen molar-refractivity contribution in [3.05, 3.63) is 40.1 Å². The number of aromatic hydroxyl groups is 1. The second-order valence-electron chi connectivity index (χ2n) is 2.74. The van der Waals surface area contributed by atoms with E-state index in [1.807, 2.05) is 6.07 Å². The fraction of sp³-hybridized carbons (Fsp3) is 0.364. The van der Waals surface area contributed by atoms with Gasteiger partial charge in [0.25, 0.3) is 0 Å². The highest BCUT2D eigenvalue weighted by Crippen LogP contribution is 2.02. The van der Waals surface area contributed by atoms with Gasteiger partial charge in [0.1, 0.15) is 0 Å². The quantitative estimate of drug-likeness (QED) is 0.758. The van der Waals surface area contributed by atoms with Crippen LogP contribution in [-0.4, -0.2) is 5.11 Å². The van der Waals surface area contributed by atoms with E-state index >= 15 is 0 Å². The molecule has 2 heteroatoms. The molecule has 1 aromatic carbocycles. The topological polar surface area (TPSA) is 37.3 Å². The van der Waals surface area contributed by atoms with Crippen molar-refractivity contribution < 1.29 is 5.11 Å². The lowest BCUT2D eigenvalue weighted by atomic mass is 10.2. The van der Waals surface area contributed by atoms with Crippen molar-refractivity contribution in [1.29, 1.82) is 0 Å². The molecule has 0 saturated carbocycles. The number of hydrogen-bond acceptors (Lipinski definition) is 2. The predicted octanol–water partition coefficient (Wildman–Crippen LogP) is 2.34. The Balaban J connectivity index is 0.00000144. The van der Waals surface area contributed by atoms with Crippen LogP contribution in [0.1, 0.15) is 26.3 Å². The third-order valence-corrected chi connectivity index (χ3v) is 1.67. The van der Waals surface area contributed by atoms with Crippen LogP contribution in [0.5, 0.6) is 5.75 Å². The van der Waals surface area contributed by atoms with Gasteiger partial charge in [-0.15, -0.1) is 0 Å². The van der Waals surface area contributed by atoms with Gasteiger partial charge in [0.05, 0.1) is 0 Å². The van der Waals surface area contributed by atoms with Gasteiger partial charge in [-0.1, -0.05) is 32.9 Å². The molecule has 0 heterocycles. The molecule has 0 aromatic heterocycles. The predicted molar refractivity (Wildman–Crippen MR) is 55.1 cm³/mol. The third-order valence-electron chi connectivity index (χ3n) is 1.67. The maximum atomic E-state index is 11.1. The second-order valence-corrected chi connectivity index (χ2v) is 2.74. The minimum absolute atomic E-state index is 0. The average molecular weight is 180 g/mol. The van der Waals surface area contributed by atoms with Crippen molar-refractivity contribution in [2.24, 2.45) is 0 Å². The number of aryl methyl sites for hydroxylation is 1. The van der Waals surface area contributed by atoms with Gasteiger partial charge in [-0.2, -0.15) is 0 Å². The van der Waals surface area contributed by atoms with E-state index in [9.17, 15) is 4.79 Å². The molecule has 0 spiro atoms. The summed E-state index contributed by atoms with van der Waals surface area (Å²) in [6.45, 7) is 2.05. The van der Waals surface area contributed by atoms with E-state index in [2.05, 4.69) is 6.92 Å². The lowest BCUT2D eigenvalue weighted by molar-refractivity contribution is 0.471. The smallest absolute Gasteiger partial charge is 0.220 e. The van der Waals surface area contributed by atoms with Crippen molar-refractivity contribution in [2.45, 2.75) is 27.2 Å². The second kappa shape index (κ2) is 5.36. The molecule has 1 N–H and O–H groups in total. The minimum Gasteiger partial charge on any atom is -0.504 e. The molecular formula is C11H16O2. The van der Waals surface area contributed by atoms with Crippen molar-refractivity contribution in [3.8, 4) is 5.75 Å². The monoisotopic (exact) mass is 180 g/mol. The standard InChI is InChI=1S/C10H12O2.CH4/c1-2-4-8-5-3-6-9(11)10(12)7-8;/h3,5-7H,2,4H2,1H3,(H,11,12);1H4. The fourth-order valence-corrected chi connectivity index (χ4v) is 1.08. The maximum Gasteiger partial charge on any atom is 0.220 e. The minimum atomic E-state index is -0.302. The molecule has 0 atom stereocenters. The van der Waals surface area contributed by atoms with E-state index in [1.165, 1.54) is 12.1 Å². The Kier molecular flexibility index (Phi) is 4.82. The first-order valence-electron chi connectivity index (χ1n) is 4.06. The summed E-state index contributed by atoms with van der Waals surface area (Å²) in [5, 5.41) is 9.06. The Hall–Kier alpha value is -1.31. The van der Waals surface area contributed by atoms with Gasteiger partial charge in [0.2, 0.25) is 5.43 Å². The average Bonchev–Trinajstić information content (AvgIpc) is 2.16. The van der Waals surface area contributed by atoms with E-state index in [4.69, 9.17) is 5.11 Å². The summed E-state index contributed by atoms with van der Waals surface area (Å²) >= 11 is 0. The molecule has 0 bridgehead atoms. The highest BCUT2D eigenvalue weighted by Gasteiger charge is 1.94. The zero-order valence-electron chi connectivity index (χ0n) is 7.08. The lowest BCUT2D eigenvalue weighted by Crippen LogP contribution is -1.95. The maximum absolute atomic E-state index is 11.1. The fourth-order valence-electron chi connectivity index (χ4n) is 1.08. The van der Waals surface area contributed by atoms with Crippen molar-refractivity contribution in [1.82, 2.24) is 0 Å². The van der Waals surface area contributed by atoms with E-state index in [-0.39, 0.29) is 18.6 Å². The van der Waals surface area contributed by atoms with Crippen molar-refractivity contribution in [2.75, 3.05) is 0 Å². The molecular weight excluding hydrogens is 164 g/mol. The van der Waals surface area contributed by atoms with Crippen LogP contribution >= 0.6 is 0 Å². The van der Waals surface area contributed by atoms with Gasteiger partial charge in [0.15, 0.2) is 5.75 Å². The van der Waals surface area contributed by atoms with E-state index in [1.54, 1.807) is 6.07 Å². The molecule has 0 radical (unpaired) electrons. The van der Waals surface area contributed by atoms with Crippen molar-refractivity contribution >= 4 is 0 Å². The largest absolute Gasteiger partial charge is 0.504 e. The molecule has 0 aliphatic carbocycles. The summed E-state index contributed by atoms with van der Waals surface area (Å²) in [6, 6.07) is 6.45. The Bertz CT molecular complexity index is 318. The first-order chi connectivity index (χ1) is 5.74. The third kappa shape index (κ3) is 3.28. The molecule has 1 rings (SSSR count). The van der Waals surface area contributed by atoms with Crippen LogP contribution in [0.15, 0.2) is 29.1 Å². The first kappa shape index (κ1) is 11.7. The summed E-state index contributed by atoms with van der Waals surface area (Å²) in [7, 11) is 0. The molecule has 0 aliphatic rings. The van der Waals surface area contributed by atoms with Crippen LogP contribution in [0.2, 0.25) is 0 Å². The van der Waals surface area contributed by atoms with Crippen LogP contribution < -0.4 is 5.43 Å². The van der Waals surface area contributed by atoms with Gasteiger partial charge >= 0.3 is 0 Å². The molecule has 1 aromatic rings. The zero-order valence-corrected chi connectivity index (χ0v) is 7.08. The van der Waals surface area contributed by atoms with Gasteiger partial charge < -0.3 is 5.11 Å². The molecule has 0 fully saturated rings. The molecule has 13 heavy (non-hydrogen) atoms. The van der Waals surface area contributed by atoms with Gasteiger partial charge in [-0.3, -0.25) is 4.79 Å². The SMILES string of the molecule is C.CCCc1cccc(O)c(=O)c1. The van der Waals surface area contributed by atoms with Gasteiger partial charge in [0, 0.05) is 0 Å². The van der Waals surface area contributed by atoms with E-state index in [0.717, 1.165) is 18.4 Å². The Morgan fingerprint density at radius 3 is 2.69 bits per heavy atom. The summed E-state index contributed by atoms with van der Waals surface area (Å²) in [6.07, 6.45) is 1.88. The zero-order chi connectivity index (χ0) is 8.97. The summed E-state index contributed by atoms with van der Waals surface area (Å²) in [4.78, 5) is 11.1. The highest BCUT2D eigenvalue weighted by atomic mass is 16.3. The molecule has 0 aliphatic heterocycles. The van der Waals surface area contributed by atoms with E-state index < -0.39 is 0 Å². The summed E-state index contributed by atoms with van der Waals surface area (Å²) in [5.74, 6) is -0.183. The molecule has 0 saturated heterocycles. The van der Waals surface area contributed by atoms with E-state index in [0.29, 0.717) is 0 Å². The van der Waals surface area contributed by atoms with Crippen LogP contribution in [0.4, 0.5) is 0 Å². The van der Waals surface area contributed by atoms with Crippen LogP contribution in [-0.2, 0) is 6.42 Å². The molecule has 0 amide bonds. The number of hydrogen-bond donors (Lipinski definition) is 1. The van der Waals surface area contributed by atoms with Crippen molar-refractivity contribution in [3.63, 3.8) is 0 Å². The molecule has 2 nitrogen and oxygen atoms in total. The first-order valence-corrected chi connectivity index (χ1v) is 4.06. The molecule has 0 unspecified atom stereocenters. The summed E-state index contributed by atoms with van der Waals surface area (Å²) in [5.41, 5.74) is 0.672. The van der Waals surface area contributed by atoms with Gasteiger partial charge in [-0.25, -0.2) is 0 Å². The Labute approximate surface area is 78.9 Å². The van der Waals surface area contributed by atoms with Gasteiger partial charge in [-0.05, 0) is 24.1 Å². The lowest BCUT2D eigenvalue weighted by Gasteiger charge is -1.89. The van der Waals surface area contributed by atoms with Crippen LogP contribution in [0.3, 0.4) is 0 Å². The van der Waals surface area contributed by atoms with Crippen LogP contribution in [0, 0.1) is 0 Å². The Morgan fingerprint density at radius 1 is 1.38 bits per heavy atom. The summed E-state index contributed by atoms with van der Waals surface area (Å²) < 4.78 is 0. The Morgan fingerprint density at radius 2 is 2.08 bits per heavy atom.